The summed E-state index contributed by atoms with van der Waals surface area (Å²) in [6, 6.07) is 4.70. The summed E-state index contributed by atoms with van der Waals surface area (Å²) < 4.78 is 0. The number of fused-ring (bicyclic) bond motifs is 1. The predicted octanol–water partition coefficient (Wildman–Crippen LogP) is 2.97. The molecular weight excluding hydrogens is 243 g/mol. The molecule has 86 valence electrons. The van der Waals surface area contributed by atoms with E-state index < -0.39 is 0 Å². The zero-order chi connectivity index (χ0) is 11.3. The smallest absolute Gasteiger partial charge is 0.0495 e. The van der Waals surface area contributed by atoms with Gasteiger partial charge in [0.2, 0.25) is 0 Å². The van der Waals surface area contributed by atoms with Crippen LogP contribution in [0.1, 0.15) is 30.0 Å². The number of benzene rings is 1. The molecular formula is C12H14Cl2N2. The van der Waals surface area contributed by atoms with Gasteiger partial charge in [0.25, 0.3) is 0 Å². The molecule has 1 heterocycles. The molecule has 0 saturated heterocycles. The average Bonchev–Trinajstić information content (AvgIpc) is 3.04. The molecule has 1 aromatic carbocycles. The van der Waals surface area contributed by atoms with Crippen LogP contribution in [0.4, 0.5) is 0 Å². The van der Waals surface area contributed by atoms with Crippen LogP contribution in [-0.4, -0.2) is 17.5 Å². The maximum Gasteiger partial charge on any atom is 0.0495 e. The Morgan fingerprint density at radius 2 is 1.94 bits per heavy atom. The lowest BCUT2D eigenvalue weighted by molar-refractivity contribution is 0.209. The molecule has 1 saturated carbocycles. The summed E-state index contributed by atoms with van der Waals surface area (Å²) in [4.78, 5) is 2.45. The summed E-state index contributed by atoms with van der Waals surface area (Å²) in [5.41, 5.74) is 8.21. The van der Waals surface area contributed by atoms with Gasteiger partial charge in [0.15, 0.2) is 0 Å². The van der Waals surface area contributed by atoms with Crippen LogP contribution in [-0.2, 0) is 6.54 Å². The highest BCUT2D eigenvalue weighted by Crippen LogP contribution is 2.46. The number of nitrogens with zero attached hydrogens (tertiary/aromatic N) is 1. The molecule has 0 radical (unpaired) electrons. The molecule has 1 aliphatic heterocycles. The summed E-state index contributed by atoms with van der Waals surface area (Å²) in [7, 11) is 0. The Labute approximate surface area is 105 Å². The third-order valence-electron chi connectivity index (χ3n) is 3.56. The van der Waals surface area contributed by atoms with Crippen LogP contribution in [0, 0.1) is 0 Å². The Morgan fingerprint density at radius 3 is 2.56 bits per heavy atom. The minimum atomic E-state index is 0.258. The Balaban J connectivity index is 2.06. The number of rotatable bonds is 2. The molecule has 0 aromatic heterocycles. The minimum Gasteiger partial charge on any atom is -0.329 e. The van der Waals surface area contributed by atoms with E-state index in [1.54, 1.807) is 0 Å². The molecule has 2 nitrogen and oxygen atoms in total. The second-order valence-electron chi connectivity index (χ2n) is 4.58. The lowest BCUT2D eigenvalue weighted by Crippen LogP contribution is -2.29. The molecule has 1 aromatic rings. The lowest BCUT2D eigenvalue weighted by Gasteiger charge is -2.23. The third kappa shape index (κ3) is 1.56. The molecule has 3 rings (SSSR count). The van der Waals surface area contributed by atoms with Crippen molar-refractivity contribution in [2.75, 3.05) is 6.54 Å². The van der Waals surface area contributed by atoms with Gasteiger partial charge in [-0.2, -0.15) is 0 Å². The van der Waals surface area contributed by atoms with Crippen molar-refractivity contribution in [2.45, 2.75) is 31.5 Å². The van der Waals surface area contributed by atoms with Crippen molar-refractivity contribution >= 4 is 23.2 Å². The first-order valence-electron chi connectivity index (χ1n) is 5.65. The summed E-state index contributed by atoms with van der Waals surface area (Å²) in [6.45, 7) is 1.52. The van der Waals surface area contributed by atoms with Gasteiger partial charge in [-0.1, -0.05) is 23.2 Å². The van der Waals surface area contributed by atoms with Crippen molar-refractivity contribution in [3.8, 4) is 0 Å². The molecule has 0 bridgehead atoms. The van der Waals surface area contributed by atoms with Crippen LogP contribution >= 0.6 is 23.2 Å². The summed E-state index contributed by atoms with van der Waals surface area (Å²) in [6.07, 6.45) is 2.56. The minimum absolute atomic E-state index is 0.258. The van der Waals surface area contributed by atoms with Gasteiger partial charge in [-0.25, -0.2) is 0 Å². The normalized spacial score (nSPS) is 24.8. The number of hydrogen-bond acceptors (Lipinski definition) is 2. The van der Waals surface area contributed by atoms with Gasteiger partial charge in [-0.05, 0) is 36.1 Å². The molecule has 4 heteroatoms. The zero-order valence-corrected chi connectivity index (χ0v) is 10.4. The monoisotopic (exact) mass is 256 g/mol. The van der Waals surface area contributed by atoms with E-state index in [0.29, 0.717) is 12.6 Å². The van der Waals surface area contributed by atoms with Gasteiger partial charge in [-0.3, -0.25) is 4.90 Å². The van der Waals surface area contributed by atoms with Crippen LogP contribution in [0.5, 0.6) is 0 Å². The van der Waals surface area contributed by atoms with E-state index in [0.717, 1.165) is 22.2 Å². The standard InChI is InChI=1S/C12H14Cl2N2/c13-9-3-4-10(14)12-8(9)6-16(7-1-2-7)11(12)5-15/h3-4,7,11H,1-2,5-6,15H2. The molecule has 16 heavy (non-hydrogen) atoms. The predicted molar refractivity (Wildman–Crippen MR) is 66.8 cm³/mol. The van der Waals surface area contributed by atoms with Crippen LogP contribution in [0.25, 0.3) is 0 Å². The molecule has 1 aliphatic carbocycles. The van der Waals surface area contributed by atoms with Gasteiger partial charge in [-0.15, -0.1) is 0 Å². The first-order chi connectivity index (χ1) is 7.72. The molecule has 0 spiro atoms. The highest BCUT2D eigenvalue weighted by Gasteiger charge is 2.40. The fraction of sp³-hybridized carbons (Fsp3) is 0.500. The summed E-state index contributed by atoms with van der Waals surface area (Å²) >= 11 is 12.5. The molecule has 1 atom stereocenters. The number of halogens is 2. The average molecular weight is 257 g/mol. The fourth-order valence-electron chi connectivity index (χ4n) is 2.63. The quantitative estimate of drug-likeness (QED) is 0.882. The van der Waals surface area contributed by atoms with E-state index in [2.05, 4.69) is 4.90 Å². The molecule has 1 unspecified atom stereocenters. The summed E-state index contributed by atoms with van der Waals surface area (Å²) in [5, 5.41) is 1.62. The van der Waals surface area contributed by atoms with E-state index in [4.69, 9.17) is 28.9 Å². The Kier molecular flexibility index (Phi) is 2.63. The first-order valence-corrected chi connectivity index (χ1v) is 6.40. The number of nitrogens with two attached hydrogens (primary N) is 1. The van der Waals surface area contributed by atoms with Gasteiger partial charge in [0.05, 0.1) is 0 Å². The van der Waals surface area contributed by atoms with Crippen LogP contribution in [0.2, 0.25) is 10.0 Å². The second-order valence-corrected chi connectivity index (χ2v) is 5.39. The molecule has 0 amide bonds. The number of hydrogen-bond donors (Lipinski definition) is 1. The van der Waals surface area contributed by atoms with E-state index in [9.17, 15) is 0 Å². The van der Waals surface area contributed by atoms with E-state index in [1.165, 1.54) is 18.4 Å². The Hall–Kier alpha value is -0.280. The van der Waals surface area contributed by atoms with Crippen molar-refractivity contribution in [3.05, 3.63) is 33.3 Å². The fourth-order valence-corrected chi connectivity index (χ4v) is 3.16. The van der Waals surface area contributed by atoms with Crippen molar-refractivity contribution in [2.24, 2.45) is 5.73 Å². The first kappa shape index (κ1) is 10.8. The third-order valence-corrected chi connectivity index (χ3v) is 4.24. The van der Waals surface area contributed by atoms with Crippen molar-refractivity contribution < 1.29 is 0 Å². The van der Waals surface area contributed by atoms with Gasteiger partial charge in [0.1, 0.15) is 0 Å². The Bertz CT molecular complexity index is 429. The van der Waals surface area contributed by atoms with Gasteiger partial charge >= 0.3 is 0 Å². The van der Waals surface area contributed by atoms with Crippen molar-refractivity contribution in [1.82, 2.24) is 4.90 Å². The van der Waals surface area contributed by atoms with Crippen molar-refractivity contribution in [3.63, 3.8) is 0 Å². The zero-order valence-electron chi connectivity index (χ0n) is 8.92. The largest absolute Gasteiger partial charge is 0.329 e. The lowest BCUT2D eigenvalue weighted by atomic mass is 10.0. The highest BCUT2D eigenvalue weighted by atomic mass is 35.5. The molecule has 1 fully saturated rings. The maximum atomic E-state index is 6.26. The SMILES string of the molecule is NCC1c2c(Cl)ccc(Cl)c2CN1C1CC1. The van der Waals surface area contributed by atoms with Crippen LogP contribution in [0.3, 0.4) is 0 Å². The molecule has 2 N–H and O–H groups in total. The van der Waals surface area contributed by atoms with Crippen LogP contribution in [0.15, 0.2) is 12.1 Å². The summed E-state index contributed by atoms with van der Waals surface area (Å²) in [5.74, 6) is 0. The van der Waals surface area contributed by atoms with Gasteiger partial charge in [0, 0.05) is 35.2 Å². The topological polar surface area (TPSA) is 29.3 Å². The van der Waals surface area contributed by atoms with Crippen LogP contribution < -0.4 is 5.73 Å². The van der Waals surface area contributed by atoms with E-state index >= 15 is 0 Å². The molecule has 2 aliphatic rings. The maximum absolute atomic E-state index is 6.26. The van der Waals surface area contributed by atoms with E-state index in [1.807, 2.05) is 12.1 Å². The van der Waals surface area contributed by atoms with Crippen molar-refractivity contribution in [1.29, 1.82) is 0 Å². The Morgan fingerprint density at radius 1 is 1.25 bits per heavy atom. The van der Waals surface area contributed by atoms with E-state index in [-0.39, 0.29) is 6.04 Å². The van der Waals surface area contributed by atoms with Gasteiger partial charge < -0.3 is 5.73 Å². The second kappa shape index (κ2) is 3.88. The highest BCUT2D eigenvalue weighted by molar-refractivity contribution is 6.34.